The van der Waals surface area contributed by atoms with Crippen molar-refractivity contribution in [3.05, 3.63) is 77.4 Å². The van der Waals surface area contributed by atoms with Crippen molar-refractivity contribution < 1.29 is 19.4 Å². The number of ether oxygens (including phenoxy) is 2. The van der Waals surface area contributed by atoms with Gasteiger partial charge in [0.2, 0.25) is 0 Å². The minimum atomic E-state index is -0.422. The van der Waals surface area contributed by atoms with Crippen molar-refractivity contribution in [3.8, 4) is 22.6 Å². The average Bonchev–Trinajstić information content (AvgIpc) is 3.23. The van der Waals surface area contributed by atoms with Crippen LogP contribution >= 0.6 is 0 Å². The summed E-state index contributed by atoms with van der Waals surface area (Å²) < 4.78 is 10.7. The molecule has 1 aliphatic rings. The van der Waals surface area contributed by atoms with Crippen molar-refractivity contribution >= 4 is 23.0 Å². The van der Waals surface area contributed by atoms with Crippen LogP contribution in [0.3, 0.4) is 0 Å². The van der Waals surface area contributed by atoms with Crippen LogP contribution in [-0.2, 0) is 11.4 Å². The highest BCUT2D eigenvalue weighted by atomic mass is 16.5. The topological polar surface area (TPSA) is 105 Å². The normalized spacial score (nSPS) is 14.1. The summed E-state index contributed by atoms with van der Waals surface area (Å²) in [6.45, 7) is 2.03. The van der Waals surface area contributed by atoms with Crippen LogP contribution in [0.25, 0.3) is 11.1 Å². The Kier molecular flexibility index (Phi) is 6.37. The lowest BCUT2D eigenvalue weighted by Gasteiger charge is -2.11. The first-order chi connectivity index (χ1) is 16.0. The Morgan fingerprint density at radius 2 is 1.79 bits per heavy atom. The number of amides is 1. The molecule has 0 bridgehead atoms. The summed E-state index contributed by atoms with van der Waals surface area (Å²) in [7, 11) is 3.11. The highest BCUT2D eigenvalue weighted by Crippen LogP contribution is 2.28. The van der Waals surface area contributed by atoms with Crippen LogP contribution < -0.4 is 20.3 Å². The second kappa shape index (κ2) is 9.54. The molecule has 1 amide bonds. The first-order valence-corrected chi connectivity index (χ1v) is 10.3. The average molecular weight is 444 g/mol. The molecule has 0 aliphatic carbocycles. The molecule has 8 heteroatoms. The maximum Gasteiger partial charge on any atom is 0.294 e. The summed E-state index contributed by atoms with van der Waals surface area (Å²) >= 11 is 0. The summed E-state index contributed by atoms with van der Waals surface area (Å²) in [5.74, 6) is 0.729. The number of nitrogens with zero attached hydrogens (tertiary/aromatic N) is 2. The van der Waals surface area contributed by atoms with Crippen molar-refractivity contribution in [1.29, 1.82) is 0 Å². The molecule has 1 aliphatic heterocycles. The summed E-state index contributed by atoms with van der Waals surface area (Å²) in [5.41, 5.74) is 11.2. The zero-order valence-electron chi connectivity index (χ0n) is 18.5. The SMILES string of the molecule is COc1ccc(OC)c(C2=NNC(=O)/C2=N/Nc2ccc(C)c(-c3ccc(CO)cc3)c2)c1. The van der Waals surface area contributed by atoms with Crippen molar-refractivity contribution in [2.45, 2.75) is 13.5 Å². The fraction of sp³-hybridized carbons (Fsp3) is 0.160. The van der Waals surface area contributed by atoms with Gasteiger partial charge in [-0.15, -0.1) is 0 Å². The molecule has 0 unspecified atom stereocenters. The molecule has 33 heavy (non-hydrogen) atoms. The zero-order valence-corrected chi connectivity index (χ0v) is 18.5. The third-order valence-corrected chi connectivity index (χ3v) is 5.35. The van der Waals surface area contributed by atoms with Gasteiger partial charge in [-0.25, -0.2) is 5.43 Å². The fourth-order valence-corrected chi connectivity index (χ4v) is 3.52. The predicted molar refractivity (Wildman–Crippen MR) is 128 cm³/mol. The number of nitrogens with one attached hydrogen (secondary N) is 2. The number of aryl methyl sites for hydroxylation is 1. The van der Waals surface area contributed by atoms with Crippen molar-refractivity contribution in [3.63, 3.8) is 0 Å². The van der Waals surface area contributed by atoms with E-state index in [2.05, 4.69) is 21.1 Å². The van der Waals surface area contributed by atoms with E-state index >= 15 is 0 Å². The first-order valence-electron chi connectivity index (χ1n) is 10.3. The van der Waals surface area contributed by atoms with E-state index in [0.29, 0.717) is 28.5 Å². The lowest BCUT2D eigenvalue weighted by Crippen LogP contribution is -2.25. The lowest BCUT2D eigenvalue weighted by molar-refractivity contribution is -0.114. The molecule has 3 aromatic rings. The third kappa shape index (κ3) is 4.56. The molecule has 3 aromatic carbocycles. The standard InChI is InChI=1S/C25H24N4O4/c1-15-4-9-18(12-20(15)17-7-5-16(14-30)6-8-17)26-28-24-23(27-29-25(24)31)21-13-19(32-2)10-11-22(21)33-3/h4-13,26,30H,14H2,1-3H3,(H,28,29,31). The second-order valence-electron chi connectivity index (χ2n) is 7.42. The van der Waals surface area contributed by atoms with E-state index < -0.39 is 5.91 Å². The van der Waals surface area contributed by atoms with E-state index in [0.717, 1.165) is 22.3 Å². The second-order valence-corrected chi connectivity index (χ2v) is 7.42. The van der Waals surface area contributed by atoms with Crippen molar-refractivity contribution in [1.82, 2.24) is 5.43 Å². The predicted octanol–water partition coefficient (Wildman–Crippen LogP) is 3.47. The van der Waals surface area contributed by atoms with Gasteiger partial charge in [0, 0.05) is 0 Å². The number of carbonyl (C=O) groups excluding carboxylic acids is 1. The first kappa shape index (κ1) is 22.0. The number of anilines is 1. The minimum Gasteiger partial charge on any atom is -0.497 e. The Morgan fingerprint density at radius 3 is 2.48 bits per heavy atom. The maximum atomic E-state index is 12.4. The largest absolute Gasteiger partial charge is 0.497 e. The maximum absolute atomic E-state index is 12.4. The van der Waals surface area contributed by atoms with Gasteiger partial charge in [-0.1, -0.05) is 30.3 Å². The molecule has 1 heterocycles. The van der Waals surface area contributed by atoms with E-state index in [1.54, 1.807) is 32.4 Å². The van der Waals surface area contributed by atoms with Gasteiger partial charge < -0.3 is 14.6 Å². The molecule has 4 rings (SSSR count). The smallest absolute Gasteiger partial charge is 0.294 e. The van der Waals surface area contributed by atoms with Crippen molar-refractivity contribution in [2.75, 3.05) is 19.6 Å². The van der Waals surface area contributed by atoms with Crippen LogP contribution in [0.2, 0.25) is 0 Å². The summed E-state index contributed by atoms with van der Waals surface area (Å²) in [4.78, 5) is 12.4. The monoisotopic (exact) mass is 444 g/mol. The van der Waals surface area contributed by atoms with Crippen LogP contribution in [-0.4, -0.2) is 36.7 Å². The molecule has 0 saturated carbocycles. The van der Waals surface area contributed by atoms with Gasteiger partial charge in [0.25, 0.3) is 5.91 Å². The molecule has 3 N–H and O–H groups in total. The van der Waals surface area contributed by atoms with Gasteiger partial charge in [-0.2, -0.15) is 10.2 Å². The Hall–Kier alpha value is -4.17. The number of carbonyl (C=O) groups is 1. The molecule has 0 spiro atoms. The van der Waals surface area contributed by atoms with E-state index in [9.17, 15) is 9.90 Å². The van der Waals surface area contributed by atoms with Gasteiger partial charge in [-0.3, -0.25) is 10.2 Å². The van der Waals surface area contributed by atoms with Crippen LogP contribution in [0.5, 0.6) is 11.5 Å². The third-order valence-electron chi connectivity index (χ3n) is 5.35. The molecule has 0 aromatic heterocycles. The highest BCUT2D eigenvalue weighted by molar-refractivity contribution is 6.72. The number of hydrogen-bond donors (Lipinski definition) is 3. The molecular weight excluding hydrogens is 420 g/mol. The van der Waals surface area contributed by atoms with E-state index in [1.807, 2.05) is 49.4 Å². The number of hydrazone groups is 2. The number of aliphatic hydroxyl groups is 1. The van der Waals surface area contributed by atoms with Crippen LogP contribution in [0.15, 0.2) is 70.9 Å². The molecule has 0 fully saturated rings. The van der Waals surface area contributed by atoms with Crippen LogP contribution in [0, 0.1) is 6.92 Å². The van der Waals surface area contributed by atoms with E-state index in [1.165, 1.54) is 0 Å². The molecule has 0 saturated heterocycles. The van der Waals surface area contributed by atoms with Crippen molar-refractivity contribution in [2.24, 2.45) is 10.2 Å². The van der Waals surface area contributed by atoms with Crippen LogP contribution in [0.4, 0.5) is 5.69 Å². The summed E-state index contributed by atoms with van der Waals surface area (Å²) in [5, 5.41) is 17.8. The fourth-order valence-electron chi connectivity index (χ4n) is 3.52. The number of rotatable bonds is 7. The zero-order chi connectivity index (χ0) is 23.4. The number of benzene rings is 3. The van der Waals surface area contributed by atoms with Crippen LogP contribution in [0.1, 0.15) is 16.7 Å². The Labute approximate surface area is 191 Å². The molecule has 168 valence electrons. The van der Waals surface area contributed by atoms with Gasteiger partial charge >= 0.3 is 0 Å². The Balaban J connectivity index is 1.64. The minimum absolute atomic E-state index is 0.00236. The lowest BCUT2D eigenvalue weighted by atomic mass is 9.99. The Bertz CT molecular complexity index is 1250. The van der Waals surface area contributed by atoms with Gasteiger partial charge in [0.15, 0.2) is 5.71 Å². The number of aliphatic hydroxyl groups excluding tert-OH is 1. The van der Waals surface area contributed by atoms with Gasteiger partial charge in [0.1, 0.15) is 17.2 Å². The molecule has 0 atom stereocenters. The number of methoxy groups -OCH3 is 2. The van der Waals surface area contributed by atoms with Gasteiger partial charge in [0.05, 0.1) is 32.1 Å². The van der Waals surface area contributed by atoms with E-state index in [4.69, 9.17) is 9.47 Å². The Morgan fingerprint density at radius 1 is 1.00 bits per heavy atom. The molecular formula is C25H24N4O4. The quantitative estimate of drug-likeness (QED) is 0.484. The molecule has 8 nitrogen and oxygen atoms in total. The van der Waals surface area contributed by atoms with Gasteiger partial charge in [-0.05, 0) is 59.5 Å². The number of hydrogen-bond acceptors (Lipinski definition) is 7. The van der Waals surface area contributed by atoms with E-state index in [-0.39, 0.29) is 12.3 Å². The molecule has 0 radical (unpaired) electrons. The summed E-state index contributed by atoms with van der Waals surface area (Å²) in [6.07, 6.45) is 0. The highest BCUT2D eigenvalue weighted by Gasteiger charge is 2.29. The summed E-state index contributed by atoms with van der Waals surface area (Å²) in [6, 6.07) is 18.8.